The third-order valence-corrected chi connectivity index (χ3v) is 0.447. The summed E-state index contributed by atoms with van der Waals surface area (Å²) in [6.07, 6.45) is 11.2. The van der Waals surface area contributed by atoms with Crippen molar-refractivity contribution in [1.29, 1.82) is 0 Å². The molecule has 0 aromatic carbocycles. The van der Waals surface area contributed by atoms with E-state index in [0.29, 0.717) is 0 Å². The minimum atomic E-state index is 0. The van der Waals surface area contributed by atoms with Crippen molar-refractivity contribution in [2.45, 2.75) is 0 Å². The highest BCUT2D eigenvalue weighted by Gasteiger charge is 1.52. The molecule has 45 valence electrons. The average Bonchev–Trinajstić information content (AvgIpc) is 1.97. The lowest BCUT2D eigenvalue weighted by atomic mass is 10.5. The van der Waals surface area contributed by atoms with Crippen molar-refractivity contribution in [3.8, 4) is 53.8 Å². The Bertz CT molecular complexity index is 324. The second kappa shape index (κ2) is 11.4. The zero-order chi connectivity index (χ0) is 7.66. The quantitative estimate of drug-likeness (QED) is 0.336. The molecule has 3 radical (unpaired) electrons. The van der Waals surface area contributed by atoms with E-state index in [4.69, 9.17) is 12.8 Å². The molecule has 0 heterocycles. The largest absolute Gasteiger partial charge is 0.106 e. The van der Waals surface area contributed by atoms with Crippen LogP contribution in [0.25, 0.3) is 0 Å². The molecule has 0 fully saturated rings. The van der Waals surface area contributed by atoms with Crippen LogP contribution in [0.3, 0.4) is 0 Å². The first-order valence-corrected chi connectivity index (χ1v) is 2.29. The fraction of sp³-hybridized carbons (Fsp3) is 0. The fourth-order valence-electron chi connectivity index (χ4n) is 0.192. The van der Waals surface area contributed by atoms with Gasteiger partial charge in [-0.1, -0.05) is 0 Å². The number of hydrogen-bond donors (Lipinski definition) is 0. The van der Waals surface area contributed by atoms with E-state index < -0.39 is 0 Å². The summed E-state index contributed by atoms with van der Waals surface area (Å²) < 4.78 is 0. The minimum absolute atomic E-state index is 0. The van der Waals surface area contributed by atoms with Crippen LogP contribution in [0.4, 0.5) is 0 Å². The Hall–Kier alpha value is -1.43. The van der Waals surface area contributed by atoms with E-state index in [2.05, 4.69) is 41.4 Å². The molecule has 11 heavy (non-hydrogen) atoms. The van der Waals surface area contributed by atoms with Gasteiger partial charge in [0.2, 0.25) is 0 Å². The van der Waals surface area contributed by atoms with Gasteiger partial charge < -0.3 is 0 Å². The van der Waals surface area contributed by atoms with E-state index >= 15 is 0 Å². The lowest BCUT2D eigenvalue weighted by Crippen LogP contribution is -1.51. The first kappa shape index (κ1) is 12.3. The molecule has 0 N–H and O–H groups in total. The molecule has 1 heteroatoms. The summed E-state index contributed by atoms with van der Waals surface area (Å²) in [5.74, 6) is 17.8. The molecule has 0 aliphatic heterocycles. The van der Waals surface area contributed by atoms with Crippen molar-refractivity contribution in [1.82, 2.24) is 0 Å². The molecule has 0 aromatic heterocycles. The van der Waals surface area contributed by atoms with Gasteiger partial charge in [-0.15, -0.1) is 6.42 Å². The molecule has 0 bridgehead atoms. The first-order valence-electron chi connectivity index (χ1n) is 2.29. The maximum Gasteiger partial charge on any atom is 0 e. The number of rotatable bonds is 0. The van der Waals surface area contributed by atoms with Gasteiger partial charge in [0, 0.05) is 30.9 Å². The van der Waals surface area contributed by atoms with Gasteiger partial charge in [0.25, 0.3) is 0 Å². The van der Waals surface area contributed by atoms with Crippen molar-refractivity contribution in [3.05, 3.63) is 6.42 Å². The second-order valence-corrected chi connectivity index (χ2v) is 1.02. The normalized spacial score (nSPS) is 3.09. The van der Waals surface area contributed by atoms with Crippen LogP contribution < -0.4 is 0 Å². The fourth-order valence-corrected chi connectivity index (χ4v) is 0.192. The molecule has 0 nitrogen and oxygen atoms in total. The molecule has 0 saturated carbocycles. The van der Waals surface area contributed by atoms with Crippen LogP contribution in [0.2, 0.25) is 0 Å². The Balaban J connectivity index is -0.000000405. The Morgan fingerprint density at radius 3 is 1.82 bits per heavy atom. The Kier molecular flexibility index (Phi) is 12.7. The highest BCUT2D eigenvalue weighted by atomic mass is 24.3. The van der Waals surface area contributed by atoms with E-state index in [1.165, 1.54) is 0 Å². The summed E-state index contributed by atoms with van der Waals surface area (Å²) in [7, 11) is 0. The highest BCUT2D eigenvalue weighted by molar-refractivity contribution is 5.75. The Labute approximate surface area is 84.8 Å². The van der Waals surface area contributed by atoms with Crippen LogP contribution in [-0.2, 0) is 0 Å². The summed E-state index contributed by atoms with van der Waals surface area (Å²) in [4.78, 5) is 0. The van der Waals surface area contributed by atoms with Gasteiger partial charge in [-0.05, 0) is 47.4 Å². The summed E-state index contributed by atoms with van der Waals surface area (Å²) in [6.45, 7) is 0. The predicted octanol–water partition coefficient (Wildman–Crippen LogP) is 0.0848. The van der Waals surface area contributed by atoms with Gasteiger partial charge in [0.15, 0.2) is 0 Å². The van der Waals surface area contributed by atoms with E-state index in [1.807, 2.05) is 5.92 Å². The van der Waals surface area contributed by atoms with Crippen LogP contribution in [0.1, 0.15) is 1.43 Å². The predicted molar refractivity (Wildman–Crippen MR) is 47.2 cm³/mol. The van der Waals surface area contributed by atoms with Gasteiger partial charge in [-0.3, -0.25) is 0 Å². The van der Waals surface area contributed by atoms with Crippen molar-refractivity contribution in [2.75, 3.05) is 0 Å². The molecule has 0 aliphatic rings. The second-order valence-electron chi connectivity index (χ2n) is 1.02. The van der Waals surface area contributed by atoms with Crippen LogP contribution in [0, 0.1) is 60.2 Å². The molecule has 0 atom stereocenters. The van der Waals surface area contributed by atoms with E-state index in [1.54, 1.807) is 0 Å². The van der Waals surface area contributed by atoms with Crippen LogP contribution in [-0.4, -0.2) is 23.1 Å². The van der Waals surface area contributed by atoms with Gasteiger partial charge in [-0.2, -0.15) is 0 Å². The lowest BCUT2D eigenvalue weighted by molar-refractivity contribution is 2.36. The molecule has 0 amide bonds. The maximum absolute atomic E-state index is 6.36. The number of hydrogen-bond acceptors (Lipinski definition) is 0. The van der Waals surface area contributed by atoms with Crippen molar-refractivity contribution < 1.29 is 1.43 Å². The topological polar surface area (TPSA) is 0 Å². The SMILES string of the molecule is [C]#CC#CC#CC#CC#C.[HH].[Mg]. The van der Waals surface area contributed by atoms with Crippen molar-refractivity contribution in [2.24, 2.45) is 0 Å². The summed E-state index contributed by atoms with van der Waals surface area (Å²) >= 11 is 0. The maximum atomic E-state index is 6.36. The van der Waals surface area contributed by atoms with E-state index in [-0.39, 0.29) is 24.5 Å². The van der Waals surface area contributed by atoms with Crippen LogP contribution >= 0.6 is 0 Å². The summed E-state index contributed by atoms with van der Waals surface area (Å²) in [5, 5.41) is 0. The molecule has 0 unspecified atom stereocenters. The zero-order valence-electron chi connectivity index (χ0n) is 5.78. The molecular formula is C10H3Mg. The average molecular weight is 147 g/mol. The molecule has 0 spiro atoms. The Morgan fingerprint density at radius 2 is 1.36 bits per heavy atom. The third kappa shape index (κ3) is 11.9. The van der Waals surface area contributed by atoms with Crippen molar-refractivity contribution in [3.63, 3.8) is 0 Å². The van der Waals surface area contributed by atoms with Gasteiger partial charge in [-0.25, -0.2) is 0 Å². The summed E-state index contributed by atoms with van der Waals surface area (Å²) in [5.41, 5.74) is 0. The van der Waals surface area contributed by atoms with E-state index in [9.17, 15) is 0 Å². The minimum Gasteiger partial charge on any atom is -0.106 e. The summed E-state index contributed by atoms with van der Waals surface area (Å²) in [6, 6.07) is 0. The highest BCUT2D eigenvalue weighted by Crippen LogP contribution is 1.52. The molecule has 0 aliphatic carbocycles. The van der Waals surface area contributed by atoms with Gasteiger partial charge >= 0.3 is 0 Å². The smallest absolute Gasteiger partial charge is 0 e. The van der Waals surface area contributed by atoms with Crippen molar-refractivity contribution >= 4 is 23.1 Å². The molecule has 0 aromatic rings. The first-order chi connectivity index (χ1) is 4.91. The molecule has 0 saturated heterocycles. The zero-order valence-corrected chi connectivity index (χ0v) is 7.20. The monoisotopic (exact) mass is 147 g/mol. The third-order valence-electron chi connectivity index (χ3n) is 0.447. The van der Waals surface area contributed by atoms with E-state index in [0.717, 1.165) is 0 Å². The number of terminal acetylenes is 1. The Morgan fingerprint density at radius 1 is 0.909 bits per heavy atom. The molecule has 0 rings (SSSR count). The van der Waals surface area contributed by atoms with Gasteiger partial charge in [0.1, 0.15) is 0 Å². The standard InChI is InChI=1S/C10H.Mg.H2/c1-3-5-7-9-10-8-6-4-2;;/h1H;;1H. The molecular weight excluding hydrogens is 144 g/mol. The van der Waals surface area contributed by atoms with Crippen LogP contribution in [0.15, 0.2) is 0 Å². The van der Waals surface area contributed by atoms with Crippen LogP contribution in [0.5, 0.6) is 0 Å². The van der Waals surface area contributed by atoms with Gasteiger partial charge in [0.05, 0.1) is 0 Å². The lowest BCUT2D eigenvalue weighted by Gasteiger charge is -1.52.